The third kappa shape index (κ3) is 2.62. The van der Waals surface area contributed by atoms with Gasteiger partial charge in [0.25, 0.3) is 0 Å². The lowest BCUT2D eigenvalue weighted by Gasteiger charge is -2.09. The van der Waals surface area contributed by atoms with Crippen LogP contribution in [0.1, 0.15) is 10.4 Å². The van der Waals surface area contributed by atoms with Crippen molar-refractivity contribution in [3.63, 3.8) is 0 Å². The molecule has 1 nitrogen and oxygen atoms in total. The molecule has 0 atom stereocenters. The molecule has 2 rings (SSSR count). The normalized spacial score (nSPS) is 10.4. The van der Waals surface area contributed by atoms with Gasteiger partial charge in [-0.2, -0.15) is 0 Å². The van der Waals surface area contributed by atoms with E-state index in [2.05, 4.69) is 27.3 Å². The maximum absolute atomic E-state index is 13.2. The first-order valence-electron chi connectivity index (χ1n) is 4.88. The van der Waals surface area contributed by atoms with Crippen LogP contribution < -0.4 is 5.32 Å². The number of hydrogen-bond donors (Lipinski definition) is 1. The van der Waals surface area contributed by atoms with Gasteiger partial charge in [-0.05, 0) is 52.0 Å². The predicted molar refractivity (Wildman–Crippen MR) is 70.5 cm³/mol. The molecule has 0 saturated heterocycles. The topological polar surface area (TPSA) is 12.0 Å². The van der Waals surface area contributed by atoms with Crippen LogP contribution in [0.5, 0.6) is 0 Å². The lowest BCUT2D eigenvalue weighted by molar-refractivity contribution is 0.620. The molecule has 2 aromatic rings. The SMILES string of the molecule is Cc1cc(F)c(Br)cc1NCc1cccs1. The van der Waals surface area contributed by atoms with E-state index in [0.29, 0.717) is 4.47 Å². The third-order valence-electron chi connectivity index (χ3n) is 2.30. The molecule has 0 aliphatic rings. The number of halogens is 2. The van der Waals surface area contributed by atoms with Crippen LogP contribution in [0, 0.1) is 12.7 Å². The van der Waals surface area contributed by atoms with E-state index in [1.54, 1.807) is 17.4 Å². The Morgan fingerprint density at radius 3 is 2.94 bits per heavy atom. The highest BCUT2D eigenvalue weighted by Gasteiger charge is 2.04. The zero-order chi connectivity index (χ0) is 11.5. The minimum absolute atomic E-state index is 0.223. The minimum Gasteiger partial charge on any atom is -0.380 e. The second-order valence-electron chi connectivity index (χ2n) is 3.51. The van der Waals surface area contributed by atoms with Crippen molar-refractivity contribution < 1.29 is 4.39 Å². The van der Waals surface area contributed by atoms with Gasteiger partial charge in [0.15, 0.2) is 0 Å². The molecule has 4 heteroatoms. The van der Waals surface area contributed by atoms with E-state index < -0.39 is 0 Å². The lowest BCUT2D eigenvalue weighted by Crippen LogP contribution is -2.00. The fourth-order valence-electron chi connectivity index (χ4n) is 1.43. The minimum atomic E-state index is -0.223. The van der Waals surface area contributed by atoms with Crippen molar-refractivity contribution in [1.29, 1.82) is 0 Å². The second kappa shape index (κ2) is 4.97. The molecule has 0 aliphatic carbocycles. The van der Waals surface area contributed by atoms with Gasteiger partial charge in [-0.1, -0.05) is 6.07 Å². The largest absolute Gasteiger partial charge is 0.380 e. The van der Waals surface area contributed by atoms with Gasteiger partial charge in [0.2, 0.25) is 0 Å². The molecule has 1 aromatic carbocycles. The molecular weight excluding hydrogens is 289 g/mol. The van der Waals surface area contributed by atoms with E-state index in [1.807, 2.05) is 18.4 Å². The summed E-state index contributed by atoms with van der Waals surface area (Å²) < 4.78 is 13.7. The first-order chi connectivity index (χ1) is 7.66. The van der Waals surface area contributed by atoms with Crippen LogP contribution in [0.25, 0.3) is 0 Å². The highest BCUT2D eigenvalue weighted by atomic mass is 79.9. The van der Waals surface area contributed by atoms with Gasteiger partial charge < -0.3 is 5.32 Å². The van der Waals surface area contributed by atoms with E-state index >= 15 is 0 Å². The van der Waals surface area contributed by atoms with Gasteiger partial charge in [-0.3, -0.25) is 0 Å². The monoisotopic (exact) mass is 299 g/mol. The lowest BCUT2D eigenvalue weighted by atomic mass is 10.2. The number of nitrogens with one attached hydrogen (secondary N) is 1. The van der Waals surface area contributed by atoms with Gasteiger partial charge in [0.1, 0.15) is 5.82 Å². The van der Waals surface area contributed by atoms with E-state index in [9.17, 15) is 4.39 Å². The van der Waals surface area contributed by atoms with Crippen molar-refractivity contribution >= 4 is 33.0 Å². The summed E-state index contributed by atoms with van der Waals surface area (Å²) in [6, 6.07) is 7.40. The maximum atomic E-state index is 13.2. The second-order valence-corrected chi connectivity index (χ2v) is 5.40. The Balaban J connectivity index is 2.12. The Morgan fingerprint density at radius 1 is 1.44 bits per heavy atom. The van der Waals surface area contributed by atoms with Crippen molar-refractivity contribution in [2.75, 3.05) is 5.32 Å². The highest BCUT2D eigenvalue weighted by Crippen LogP contribution is 2.25. The Hall–Kier alpha value is -0.870. The molecule has 0 unspecified atom stereocenters. The molecule has 1 aromatic heterocycles. The van der Waals surface area contributed by atoms with Gasteiger partial charge in [-0.25, -0.2) is 4.39 Å². The Kier molecular flexibility index (Phi) is 3.61. The number of anilines is 1. The van der Waals surface area contributed by atoms with Gasteiger partial charge in [-0.15, -0.1) is 11.3 Å². The summed E-state index contributed by atoms with van der Waals surface area (Å²) in [6.45, 7) is 2.67. The number of aryl methyl sites for hydroxylation is 1. The van der Waals surface area contributed by atoms with Crippen molar-refractivity contribution in [1.82, 2.24) is 0 Å². The Bertz CT molecular complexity index is 482. The molecule has 0 fully saturated rings. The predicted octanol–water partition coefficient (Wildman–Crippen LogP) is 4.57. The molecule has 1 heterocycles. The van der Waals surface area contributed by atoms with Crippen molar-refractivity contribution in [2.45, 2.75) is 13.5 Å². The van der Waals surface area contributed by atoms with Gasteiger partial charge in [0, 0.05) is 17.1 Å². The summed E-state index contributed by atoms with van der Waals surface area (Å²) >= 11 is 4.89. The fraction of sp³-hybridized carbons (Fsp3) is 0.167. The first-order valence-corrected chi connectivity index (χ1v) is 6.56. The molecule has 84 valence electrons. The van der Waals surface area contributed by atoms with Crippen molar-refractivity contribution in [3.8, 4) is 0 Å². The number of thiophene rings is 1. The average Bonchev–Trinajstić information content (AvgIpc) is 2.74. The van der Waals surface area contributed by atoms with Crippen LogP contribution in [0.2, 0.25) is 0 Å². The quantitative estimate of drug-likeness (QED) is 0.875. The summed E-state index contributed by atoms with van der Waals surface area (Å²) in [4.78, 5) is 1.26. The van der Waals surface area contributed by atoms with Gasteiger partial charge >= 0.3 is 0 Å². The maximum Gasteiger partial charge on any atom is 0.137 e. The summed E-state index contributed by atoms with van der Waals surface area (Å²) in [7, 11) is 0. The Morgan fingerprint density at radius 2 is 2.25 bits per heavy atom. The molecule has 0 spiro atoms. The van der Waals surface area contributed by atoms with Crippen LogP contribution in [-0.2, 0) is 6.54 Å². The molecule has 0 saturated carbocycles. The van der Waals surface area contributed by atoms with Crippen LogP contribution in [-0.4, -0.2) is 0 Å². The molecule has 0 amide bonds. The van der Waals surface area contributed by atoms with Crippen molar-refractivity contribution in [2.24, 2.45) is 0 Å². The van der Waals surface area contributed by atoms with Crippen LogP contribution in [0.4, 0.5) is 10.1 Å². The zero-order valence-corrected chi connectivity index (χ0v) is 11.2. The molecule has 1 N–H and O–H groups in total. The van der Waals surface area contributed by atoms with Crippen molar-refractivity contribution in [3.05, 3.63) is 50.4 Å². The number of hydrogen-bond acceptors (Lipinski definition) is 2. The smallest absolute Gasteiger partial charge is 0.137 e. The number of benzene rings is 1. The molecule has 16 heavy (non-hydrogen) atoms. The molecule has 0 radical (unpaired) electrons. The summed E-state index contributed by atoms with van der Waals surface area (Å²) in [5.74, 6) is -0.223. The van der Waals surface area contributed by atoms with E-state index in [0.717, 1.165) is 17.8 Å². The number of rotatable bonds is 3. The third-order valence-corrected chi connectivity index (χ3v) is 3.78. The van der Waals surface area contributed by atoms with Crippen LogP contribution in [0.3, 0.4) is 0 Å². The first kappa shape index (κ1) is 11.6. The standard InChI is InChI=1S/C12H11BrFNS/c1-8-5-11(14)10(13)6-12(8)15-7-9-3-2-4-16-9/h2-6,15H,7H2,1H3. The van der Waals surface area contributed by atoms with E-state index in [4.69, 9.17) is 0 Å². The van der Waals surface area contributed by atoms with Crippen LogP contribution in [0.15, 0.2) is 34.1 Å². The summed E-state index contributed by atoms with van der Waals surface area (Å²) in [5.41, 5.74) is 1.87. The van der Waals surface area contributed by atoms with Crippen LogP contribution >= 0.6 is 27.3 Å². The fourth-order valence-corrected chi connectivity index (χ4v) is 2.42. The molecule has 0 bridgehead atoms. The molecule has 0 aliphatic heterocycles. The zero-order valence-electron chi connectivity index (χ0n) is 8.76. The highest BCUT2D eigenvalue weighted by molar-refractivity contribution is 9.10. The van der Waals surface area contributed by atoms with Gasteiger partial charge in [0.05, 0.1) is 4.47 Å². The summed E-state index contributed by atoms with van der Waals surface area (Å²) in [5, 5.41) is 5.34. The molecular formula is C12H11BrFNS. The summed E-state index contributed by atoms with van der Waals surface area (Å²) in [6.07, 6.45) is 0. The van der Waals surface area contributed by atoms with E-state index in [-0.39, 0.29) is 5.82 Å². The average molecular weight is 300 g/mol. The van der Waals surface area contributed by atoms with E-state index in [1.165, 1.54) is 10.9 Å². The Labute approximate surface area is 106 Å².